The summed E-state index contributed by atoms with van der Waals surface area (Å²) in [6.07, 6.45) is 5.91. The molecular weight excluding hydrogens is 495 g/mol. The monoisotopic (exact) mass is 526 g/mol. The van der Waals surface area contributed by atoms with Crippen LogP contribution in [0.5, 0.6) is 5.88 Å². The zero-order valence-electron chi connectivity index (χ0n) is 17.8. The number of anilines is 1. The molecule has 0 unspecified atom stereocenters. The van der Waals surface area contributed by atoms with Gasteiger partial charge in [-0.2, -0.15) is 0 Å². The van der Waals surface area contributed by atoms with Gasteiger partial charge in [0.2, 0.25) is 5.88 Å². The van der Waals surface area contributed by atoms with Crippen molar-refractivity contribution in [3.63, 3.8) is 0 Å². The van der Waals surface area contributed by atoms with Gasteiger partial charge in [0.15, 0.2) is 0 Å². The number of pyridine rings is 1. The Morgan fingerprint density at radius 3 is 1.90 bits per heavy atom. The van der Waals surface area contributed by atoms with Gasteiger partial charge >= 0.3 is 0 Å². The molecule has 0 aliphatic heterocycles. The summed E-state index contributed by atoms with van der Waals surface area (Å²) in [4.78, 5) is 6.42. The molecule has 0 radical (unpaired) electrons. The number of alkyl halides is 1. The van der Waals surface area contributed by atoms with Gasteiger partial charge in [-0.05, 0) is 29.3 Å². The first-order chi connectivity index (χ1) is 14.7. The van der Waals surface area contributed by atoms with Crippen LogP contribution in [0.1, 0.15) is 11.1 Å². The Labute approximate surface area is 193 Å². The van der Waals surface area contributed by atoms with Gasteiger partial charge in [-0.25, -0.2) is 4.98 Å². The third-order valence-electron chi connectivity index (χ3n) is 4.08. The van der Waals surface area contributed by atoms with E-state index in [2.05, 4.69) is 62.8 Å². The maximum atomic E-state index is 5.60. The molecule has 1 aromatic carbocycles. The van der Waals surface area contributed by atoms with Gasteiger partial charge in [-0.15, -0.1) is 0 Å². The summed E-state index contributed by atoms with van der Waals surface area (Å²) in [5.41, 5.74) is 3.36. The Bertz CT molecular complexity index is 721. The maximum Gasteiger partial charge on any atom is 0.213 e. The van der Waals surface area contributed by atoms with E-state index in [1.54, 1.807) is 6.20 Å². The van der Waals surface area contributed by atoms with Crippen LogP contribution in [0.2, 0.25) is 0 Å². The van der Waals surface area contributed by atoms with Gasteiger partial charge in [0.05, 0.1) is 39.6 Å². The van der Waals surface area contributed by atoms with Crippen molar-refractivity contribution < 1.29 is 18.9 Å². The van der Waals surface area contributed by atoms with Gasteiger partial charge in [0, 0.05) is 36.5 Å². The molecule has 0 saturated heterocycles. The fraction of sp³-hybridized carbons (Fsp3) is 0.435. The van der Waals surface area contributed by atoms with E-state index in [9.17, 15) is 0 Å². The molecule has 0 bridgehead atoms. The average Bonchev–Trinajstić information content (AvgIpc) is 2.77. The lowest BCUT2D eigenvalue weighted by molar-refractivity contribution is 0.0117. The van der Waals surface area contributed by atoms with Crippen molar-refractivity contribution in [1.29, 1.82) is 0 Å². The number of nitrogens with zero attached hydrogens (tertiary/aromatic N) is 2. The van der Waals surface area contributed by atoms with Crippen molar-refractivity contribution in [1.82, 2.24) is 4.98 Å². The molecule has 0 fully saturated rings. The third kappa shape index (κ3) is 10.4. The maximum absolute atomic E-state index is 5.60. The summed E-state index contributed by atoms with van der Waals surface area (Å²) in [6.45, 7) is 4.06. The molecule has 6 nitrogen and oxygen atoms in total. The lowest BCUT2D eigenvalue weighted by atomic mass is 10.1. The number of ether oxygens (including phenoxy) is 4. The summed E-state index contributed by atoms with van der Waals surface area (Å²) in [5.74, 6) is 0.592. The summed E-state index contributed by atoms with van der Waals surface area (Å²) >= 11 is 2.28. The van der Waals surface area contributed by atoms with Crippen LogP contribution < -0.4 is 9.64 Å². The van der Waals surface area contributed by atoms with Crippen LogP contribution in [0.25, 0.3) is 12.2 Å². The van der Waals surface area contributed by atoms with E-state index in [1.807, 2.05) is 32.3 Å². The molecule has 0 spiro atoms. The van der Waals surface area contributed by atoms with E-state index in [1.165, 1.54) is 5.69 Å². The molecule has 0 amide bonds. The molecule has 164 valence electrons. The Hall–Kier alpha value is -1.68. The van der Waals surface area contributed by atoms with Crippen LogP contribution >= 0.6 is 22.6 Å². The lowest BCUT2D eigenvalue weighted by Gasteiger charge is -2.11. The second-order valence-electron chi connectivity index (χ2n) is 6.62. The molecule has 0 N–H and O–H groups in total. The normalized spacial score (nSPS) is 11.2. The van der Waals surface area contributed by atoms with Gasteiger partial charge in [-0.1, -0.05) is 46.9 Å². The number of hydrogen-bond donors (Lipinski definition) is 0. The van der Waals surface area contributed by atoms with Gasteiger partial charge < -0.3 is 23.8 Å². The zero-order valence-corrected chi connectivity index (χ0v) is 19.9. The van der Waals surface area contributed by atoms with Crippen molar-refractivity contribution in [2.75, 3.05) is 69.7 Å². The minimum Gasteiger partial charge on any atom is -0.475 e. The van der Waals surface area contributed by atoms with E-state index >= 15 is 0 Å². The van der Waals surface area contributed by atoms with Crippen LogP contribution in [0.3, 0.4) is 0 Å². The number of benzene rings is 1. The number of rotatable bonds is 15. The fourth-order valence-corrected chi connectivity index (χ4v) is 2.76. The molecule has 0 aliphatic carbocycles. The van der Waals surface area contributed by atoms with E-state index < -0.39 is 0 Å². The van der Waals surface area contributed by atoms with Crippen LogP contribution in [0.4, 0.5) is 5.69 Å². The molecule has 0 saturated carbocycles. The highest BCUT2D eigenvalue weighted by molar-refractivity contribution is 14.1. The zero-order chi connectivity index (χ0) is 21.4. The van der Waals surface area contributed by atoms with Gasteiger partial charge in [-0.3, -0.25) is 0 Å². The summed E-state index contributed by atoms with van der Waals surface area (Å²) in [7, 11) is 4.07. The van der Waals surface area contributed by atoms with Gasteiger partial charge in [0.1, 0.15) is 6.61 Å². The van der Waals surface area contributed by atoms with Crippen molar-refractivity contribution >= 4 is 40.4 Å². The first-order valence-corrected chi connectivity index (χ1v) is 11.5. The molecular formula is C23H31IN2O4. The average molecular weight is 526 g/mol. The Morgan fingerprint density at radius 1 is 0.767 bits per heavy atom. The highest BCUT2D eigenvalue weighted by atomic mass is 127. The van der Waals surface area contributed by atoms with Crippen molar-refractivity contribution in [3.05, 3.63) is 53.7 Å². The van der Waals surface area contributed by atoms with E-state index in [4.69, 9.17) is 18.9 Å². The molecule has 30 heavy (non-hydrogen) atoms. The minimum absolute atomic E-state index is 0.458. The Balaban J connectivity index is 1.58. The molecule has 0 aliphatic rings. The Kier molecular flexibility index (Phi) is 12.4. The van der Waals surface area contributed by atoms with Crippen LogP contribution in [-0.4, -0.2) is 69.8 Å². The number of hydrogen-bond acceptors (Lipinski definition) is 6. The molecule has 1 heterocycles. The number of halogens is 1. The van der Waals surface area contributed by atoms with Crippen LogP contribution in [0.15, 0.2) is 42.6 Å². The third-order valence-corrected chi connectivity index (χ3v) is 4.52. The van der Waals surface area contributed by atoms with Crippen molar-refractivity contribution in [2.45, 2.75) is 0 Å². The SMILES string of the molecule is CN(C)c1ccc(/C=C/c2ccc(OCCOCCOCCOCCI)nc2)cc1. The fourth-order valence-electron chi connectivity index (χ4n) is 2.45. The van der Waals surface area contributed by atoms with Crippen molar-refractivity contribution in [3.8, 4) is 5.88 Å². The predicted octanol–water partition coefficient (Wildman–Crippen LogP) is 4.18. The van der Waals surface area contributed by atoms with E-state index in [0.29, 0.717) is 45.5 Å². The predicted molar refractivity (Wildman–Crippen MR) is 131 cm³/mol. The van der Waals surface area contributed by atoms with Crippen molar-refractivity contribution in [2.24, 2.45) is 0 Å². The molecule has 2 aromatic rings. The molecule has 0 atom stereocenters. The Morgan fingerprint density at radius 2 is 1.33 bits per heavy atom. The summed E-state index contributed by atoms with van der Waals surface area (Å²) in [6, 6.07) is 12.3. The summed E-state index contributed by atoms with van der Waals surface area (Å²) < 4.78 is 22.8. The smallest absolute Gasteiger partial charge is 0.213 e. The minimum atomic E-state index is 0.458. The second-order valence-corrected chi connectivity index (χ2v) is 7.70. The summed E-state index contributed by atoms with van der Waals surface area (Å²) in [5, 5.41) is 0. The first-order valence-electron chi connectivity index (χ1n) is 10.0. The second kappa shape index (κ2) is 15.2. The quantitative estimate of drug-likeness (QED) is 0.197. The number of aromatic nitrogens is 1. The van der Waals surface area contributed by atoms with Crippen LogP contribution in [-0.2, 0) is 14.2 Å². The first kappa shape index (κ1) is 24.6. The molecule has 7 heteroatoms. The largest absolute Gasteiger partial charge is 0.475 e. The van der Waals surface area contributed by atoms with E-state index in [-0.39, 0.29) is 0 Å². The highest BCUT2D eigenvalue weighted by Crippen LogP contribution is 2.15. The molecule has 1 aromatic heterocycles. The van der Waals surface area contributed by atoms with E-state index in [0.717, 1.165) is 22.2 Å². The molecule has 2 rings (SSSR count). The topological polar surface area (TPSA) is 53.1 Å². The lowest BCUT2D eigenvalue weighted by Crippen LogP contribution is -2.13. The van der Waals surface area contributed by atoms with Gasteiger partial charge in [0.25, 0.3) is 0 Å². The standard InChI is InChI=1S/C23H31IN2O4/c1-26(2)22-8-5-20(6-9-22)3-4-21-7-10-23(25-19-21)30-18-17-29-16-15-28-14-13-27-12-11-24/h3-10,19H,11-18H2,1-2H3/b4-3+. The van der Waals surface area contributed by atoms with Crippen LogP contribution in [0, 0.1) is 0 Å². The highest BCUT2D eigenvalue weighted by Gasteiger charge is 1.97.